The summed E-state index contributed by atoms with van der Waals surface area (Å²) in [7, 11) is 4.58. The van der Waals surface area contributed by atoms with Gasteiger partial charge in [0.25, 0.3) is 11.6 Å². The lowest BCUT2D eigenvalue weighted by atomic mass is 10.1. The highest BCUT2D eigenvalue weighted by molar-refractivity contribution is 7.99. The van der Waals surface area contributed by atoms with Gasteiger partial charge in [0.2, 0.25) is 5.75 Å². The van der Waals surface area contributed by atoms with Gasteiger partial charge in [-0.25, -0.2) is 5.43 Å². The SMILES string of the molecule is COc1cc(-c2nnc(SCC(=O)N/N=C\c3ccc(Cl)c([N+](=O)[O-])c3)n2-c2ccccc2)cc(OC)c1OC. The molecule has 0 spiro atoms. The van der Waals surface area contributed by atoms with E-state index < -0.39 is 10.8 Å². The van der Waals surface area contributed by atoms with Crippen molar-refractivity contribution in [3.8, 4) is 34.3 Å². The van der Waals surface area contributed by atoms with Gasteiger partial charge < -0.3 is 14.2 Å². The molecule has 0 radical (unpaired) electrons. The third-order valence-corrected chi connectivity index (χ3v) is 6.72. The second-order valence-electron chi connectivity index (χ2n) is 7.94. The van der Waals surface area contributed by atoms with Crippen molar-refractivity contribution in [1.82, 2.24) is 20.2 Å². The van der Waals surface area contributed by atoms with E-state index in [1.165, 1.54) is 39.7 Å². The molecule has 1 heterocycles. The molecule has 0 saturated heterocycles. The van der Waals surface area contributed by atoms with Crippen molar-refractivity contribution in [1.29, 1.82) is 0 Å². The van der Waals surface area contributed by atoms with Gasteiger partial charge in [0.1, 0.15) is 5.02 Å². The maximum atomic E-state index is 12.5. The number of rotatable bonds is 11. The molecular weight excluding hydrogens is 560 g/mol. The van der Waals surface area contributed by atoms with Crippen LogP contribution in [0.25, 0.3) is 17.1 Å². The van der Waals surface area contributed by atoms with Gasteiger partial charge in [0.15, 0.2) is 22.5 Å². The van der Waals surface area contributed by atoms with E-state index in [0.29, 0.717) is 39.4 Å². The number of ether oxygens (including phenoxy) is 3. The molecule has 206 valence electrons. The fourth-order valence-corrected chi connectivity index (χ4v) is 4.59. The summed E-state index contributed by atoms with van der Waals surface area (Å²) in [4.78, 5) is 23.0. The summed E-state index contributed by atoms with van der Waals surface area (Å²) in [5, 5.41) is 24.1. The van der Waals surface area contributed by atoms with Crippen LogP contribution in [0.15, 0.2) is 70.9 Å². The second-order valence-corrected chi connectivity index (χ2v) is 9.29. The maximum absolute atomic E-state index is 12.5. The average Bonchev–Trinajstić information content (AvgIpc) is 3.40. The summed E-state index contributed by atoms with van der Waals surface area (Å²) < 4.78 is 18.2. The molecule has 1 aromatic heterocycles. The van der Waals surface area contributed by atoms with Crippen LogP contribution in [0.4, 0.5) is 5.69 Å². The minimum Gasteiger partial charge on any atom is -0.493 e. The summed E-state index contributed by atoms with van der Waals surface area (Å²) in [6.45, 7) is 0. The number of nitro groups is 1. The molecule has 3 aromatic carbocycles. The molecule has 0 unspecified atom stereocenters. The Kier molecular flexibility index (Phi) is 9.19. The molecule has 4 rings (SSSR count). The number of hydrogen-bond acceptors (Lipinski definition) is 10. The molecule has 0 atom stereocenters. The van der Waals surface area contributed by atoms with Crippen LogP contribution < -0.4 is 19.6 Å². The molecule has 0 aliphatic rings. The van der Waals surface area contributed by atoms with Gasteiger partial charge >= 0.3 is 0 Å². The van der Waals surface area contributed by atoms with Crippen molar-refractivity contribution in [3.05, 3.63) is 81.4 Å². The number of halogens is 1. The van der Waals surface area contributed by atoms with Crippen molar-refractivity contribution in [2.24, 2.45) is 5.10 Å². The number of para-hydroxylation sites is 1. The molecule has 1 N–H and O–H groups in total. The van der Waals surface area contributed by atoms with E-state index in [4.69, 9.17) is 25.8 Å². The lowest BCUT2D eigenvalue weighted by Gasteiger charge is -2.15. The molecular formula is C26H23ClN6O6S. The van der Waals surface area contributed by atoms with Gasteiger partial charge in [-0.1, -0.05) is 47.6 Å². The highest BCUT2D eigenvalue weighted by Crippen LogP contribution is 2.41. The highest BCUT2D eigenvalue weighted by atomic mass is 35.5. The van der Waals surface area contributed by atoms with Crippen LogP contribution in [0, 0.1) is 10.1 Å². The summed E-state index contributed by atoms with van der Waals surface area (Å²) in [5.41, 5.74) is 3.99. The average molecular weight is 583 g/mol. The lowest BCUT2D eigenvalue weighted by molar-refractivity contribution is -0.384. The van der Waals surface area contributed by atoms with Crippen LogP contribution in [-0.2, 0) is 4.79 Å². The van der Waals surface area contributed by atoms with E-state index in [0.717, 1.165) is 17.4 Å². The van der Waals surface area contributed by atoms with Crippen LogP contribution >= 0.6 is 23.4 Å². The summed E-state index contributed by atoms with van der Waals surface area (Å²) in [6.07, 6.45) is 1.29. The zero-order valence-corrected chi connectivity index (χ0v) is 23.1. The Hall–Kier alpha value is -4.62. The minimum atomic E-state index is -0.593. The number of hydrogen-bond donors (Lipinski definition) is 1. The Balaban J connectivity index is 1.56. The van der Waals surface area contributed by atoms with Crippen LogP contribution in [0.3, 0.4) is 0 Å². The standard InChI is InChI=1S/C26H23ClN6O6S/c1-37-21-12-17(13-22(38-2)24(21)39-3)25-30-31-26(32(25)18-7-5-4-6-8-18)40-15-23(34)29-28-14-16-9-10-19(27)20(11-16)33(35)36/h4-14H,15H2,1-3H3,(H,29,34)/b28-14-. The third-order valence-electron chi connectivity index (χ3n) is 5.47. The normalized spacial score (nSPS) is 10.9. The van der Waals surface area contributed by atoms with Gasteiger partial charge in [-0.15, -0.1) is 10.2 Å². The number of methoxy groups -OCH3 is 3. The van der Waals surface area contributed by atoms with Crippen LogP contribution in [0.2, 0.25) is 5.02 Å². The molecule has 0 aliphatic heterocycles. The van der Waals surface area contributed by atoms with Crippen molar-refractivity contribution < 1.29 is 23.9 Å². The summed E-state index contributed by atoms with van der Waals surface area (Å²) >= 11 is 6.98. The Morgan fingerprint density at radius 2 is 1.77 bits per heavy atom. The largest absolute Gasteiger partial charge is 0.493 e. The van der Waals surface area contributed by atoms with Crippen molar-refractivity contribution in [3.63, 3.8) is 0 Å². The first-order valence-corrected chi connectivity index (χ1v) is 12.9. The minimum absolute atomic E-state index is 0.0102. The zero-order chi connectivity index (χ0) is 28.6. The van der Waals surface area contributed by atoms with Crippen LogP contribution in [0.1, 0.15) is 5.56 Å². The van der Waals surface area contributed by atoms with Crippen LogP contribution in [-0.4, -0.2) is 58.9 Å². The van der Waals surface area contributed by atoms with E-state index >= 15 is 0 Å². The van der Waals surface area contributed by atoms with E-state index in [1.807, 2.05) is 34.9 Å². The molecule has 0 fully saturated rings. The van der Waals surface area contributed by atoms with E-state index in [9.17, 15) is 14.9 Å². The predicted molar refractivity (Wildman–Crippen MR) is 151 cm³/mol. The van der Waals surface area contributed by atoms with E-state index in [1.54, 1.807) is 18.2 Å². The van der Waals surface area contributed by atoms with E-state index in [-0.39, 0.29) is 16.5 Å². The number of nitrogens with zero attached hydrogens (tertiary/aromatic N) is 5. The Labute approximate surface area is 238 Å². The third kappa shape index (κ3) is 6.33. The zero-order valence-electron chi connectivity index (χ0n) is 21.5. The number of carbonyl (C=O) groups excluding carboxylic acids is 1. The maximum Gasteiger partial charge on any atom is 0.288 e. The number of hydrazone groups is 1. The monoisotopic (exact) mass is 582 g/mol. The molecule has 12 nitrogen and oxygen atoms in total. The fraction of sp³-hybridized carbons (Fsp3) is 0.154. The molecule has 4 aromatic rings. The Bertz CT molecular complexity index is 1540. The molecule has 14 heteroatoms. The van der Waals surface area contributed by atoms with E-state index in [2.05, 4.69) is 20.7 Å². The quantitative estimate of drug-likeness (QED) is 0.114. The molecule has 0 aliphatic carbocycles. The van der Waals surface area contributed by atoms with Crippen molar-refractivity contribution in [2.75, 3.05) is 27.1 Å². The number of amides is 1. The second kappa shape index (κ2) is 13.0. The Morgan fingerprint density at radius 1 is 1.07 bits per heavy atom. The van der Waals surface area contributed by atoms with Gasteiger partial charge in [-0.2, -0.15) is 5.10 Å². The first-order chi connectivity index (χ1) is 19.4. The molecule has 0 saturated carbocycles. The number of thioether (sulfide) groups is 1. The van der Waals surface area contributed by atoms with Gasteiger partial charge in [0.05, 0.1) is 38.2 Å². The van der Waals surface area contributed by atoms with Crippen molar-refractivity contribution in [2.45, 2.75) is 5.16 Å². The first-order valence-electron chi connectivity index (χ1n) is 11.6. The molecule has 40 heavy (non-hydrogen) atoms. The van der Waals surface area contributed by atoms with Crippen molar-refractivity contribution >= 4 is 41.2 Å². The number of nitrogens with one attached hydrogen (secondary N) is 1. The number of carbonyl (C=O) groups is 1. The fourth-order valence-electron chi connectivity index (χ4n) is 3.66. The van der Waals surface area contributed by atoms with Crippen LogP contribution in [0.5, 0.6) is 17.2 Å². The highest BCUT2D eigenvalue weighted by Gasteiger charge is 2.21. The molecule has 0 bridgehead atoms. The van der Waals surface area contributed by atoms with Gasteiger partial charge in [-0.3, -0.25) is 19.5 Å². The number of aromatic nitrogens is 3. The summed E-state index contributed by atoms with van der Waals surface area (Å²) in [5.74, 6) is 1.41. The topological polar surface area (TPSA) is 143 Å². The number of benzene rings is 3. The molecule has 1 amide bonds. The number of nitro benzene ring substituents is 1. The Morgan fingerprint density at radius 3 is 2.40 bits per heavy atom. The smallest absolute Gasteiger partial charge is 0.288 e. The van der Waals surface area contributed by atoms with Gasteiger partial charge in [0, 0.05) is 22.9 Å². The first kappa shape index (κ1) is 28.4. The summed E-state index contributed by atoms with van der Waals surface area (Å²) in [6, 6.07) is 17.2. The lowest BCUT2D eigenvalue weighted by Crippen LogP contribution is -2.20. The predicted octanol–water partition coefficient (Wildman–Crippen LogP) is 4.76. The van der Waals surface area contributed by atoms with Gasteiger partial charge in [-0.05, 0) is 30.3 Å².